The molecule has 2 atom stereocenters. The van der Waals surface area contributed by atoms with Crippen LogP contribution in [0.25, 0.3) is 0 Å². The van der Waals surface area contributed by atoms with E-state index in [1.807, 2.05) is 0 Å². The van der Waals surface area contributed by atoms with Gasteiger partial charge < -0.3 is 4.74 Å². The van der Waals surface area contributed by atoms with E-state index in [4.69, 9.17) is 4.74 Å². The van der Waals surface area contributed by atoms with Gasteiger partial charge in [-0.05, 0) is 29.4 Å². The number of rotatable bonds is 4. The molecule has 104 valence electrons. The van der Waals surface area contributed by atoms with Crippen molar-refractivity contribution >= 4 is 5.78 Å². The van der Waals surface area contributed by atoms with Gasteiger partial charge in [-0.1, -0.05) is 45.0 Å². The summed E-state index contributed by atoms with van der Waals surface area (Å²) in [5.41, 5.74) is 2.46. The number of ketones is 1. The minimum Gasteiger partial charge on any atom is -0.381 e. The summed E-state index contributed by atoms with van der Waals surface area (Å²) < 4.78 is 5.40. The highest BCUT2D eigenvalue weighted by Gasteiger charge is 2.27. The van der Waals surface area contributed by atoms with Crippen molar-refractivity contribution in [1.82, 2.24) is 0 Å². The van der Waals surface area contributed by atoms with E-state index < -0.39 is 0 Å². The summed E-state index contributed by atoms with van der Waals surface area (Å²) in [5.74, 6) is 1.45. The molecule has 0 spiro atoms. The van der Waals surface area contributed by atoms with Gasteiger partial charge in [-0.15, -0.1) is 0 Å². The fourth-order valence-electron chi connectivity index (χ4n) is 2.71. The number of Topliss-reactive ketones (excluding diaryl/α,β-unsaturated/α-hetero) is 1. The predicted octanol–water partition coefficient (Wildman–Crippen LogP) is 3.59. The second-order valence-corrected chi connectivity index (χ2v) is 5.99. The number of carbonyl (C=O) groups is 1. The van der Waals surface area contributed by atoms with Gasteiger partial charge in [0.05, 0.1) is 0 Å². The van der Waals surface area contributed by atoms with Gasteiger partial charge in [0.2, 0.25) is 0 Å². The fraction of sp³-hybridized carbons (Fsp3) is 0.588. The average Bonchev–Trinajstić information content (AvgIpc) is 2.39. The second-order valence-electron chi connectivity index (χ2n) is 5.99. The quantitative estimate of drug-likeness (QED) is 0.827. The normalized spacial score (nSPS) is 23.6. The van der Waals surface area contributed by atoms with Crippen molar-refractivity contribution in [2.45, 2.75) is 39.5 Å². The van der Waals surface area contributed by atoms with Gasteiger partial charge >= 0.3 is 0 Å². The number of hydrogen-bond acceptors (Lipinski definition) is 2. The Bertz CT molecular complexity index is 419. The maximum atomic E-state index is 12.3. The summed E-state index contributed by atoms with van der Waals surface area (Å²) in [5, 5.41) is 0. The monoisotopic (exact) mass is 260 g/mol. The zero-order chi connectivity index (χ0) is 13.8. The molecule has 2 heteroatoms. The van der Waals surface area contributed by atoms with Gasteiger partial charge in [0.15, 0.2) is 0 Å². The second kappa shape index (κ2) is 6.33. The van der Waals surface area contributed by atoms with Crippen molar-refractivity contribution in [2.75, 3.05) is 13.2 Å². The van der Waals surface area contributed by atoms with Crippen LogP contribution in [-0.4, -0.2) is 19.0 Å². The van der Waals surface area contributed by atoms with Gasteiger partial charge in [0.1, 0.15) is 5.78 Å². The van der Waals surface area contributed by atoms with Gasteiger partial charge in [-0.3, -0.25) is 4.79 Å². The lowest BCUT2D eigenvalue weighted by atomic mass is 9.84. The van der Waals surface area contributed by atoms with Crippen molar-refractivity contribution in [3.05, 3.63) is 35.4 Å². The molecular formula is C17H24O2. The summed E-state index contributed by atoms with van der Waals surface area (Å²) >= 11 is 0. The minimum absolute atomic E-state index is 0.179. The molecule has 1 aliphatic rings. The summed E-state index contributed by atoms with van der Waals surface area (Å²) in [6, 6.07) is 8.47. The van der Waals surface area contributed by atoms with Crippen LogP contribution in [0.1, 0.15) is 44.2 Å². The van der Waals surface area contributed by atoms with E-state index in [2.05, 4.69) is 45.0 Å². The zero-order valence-electron chi connectivity index (χ0n) is 12.2. The molecule has 0 aliphatic carbocycles. The number of hydrogen-bond donors (Lipinski definition) is 0. The Hall–Kier alpha value is -1.15. The van der Waals surface area contributed by atoms with Crippen LogP contribution in [0.2, 0.25) is 0 Å². The maximum absolute atomic E-state index is 12.3. The van der Waals surface area contributed by atoms with E-state index in [1.165, 1.54) is 5.56 Å². The van der Waals surface area contributed by atoms with Crippen LogP contribution in [0.15, 0.2) is 24.3 Å². The smallest absolute Gasteiger partial charge is 0.140 e. The molecule has 0 bridgehead atoms. The van der Waals surface area contributed by atoms with Gasteiger partial charge in [-0.2, -0.15) is 0 Å². The molecule has 1 fully saturated rings. The Labute approximate surface area is 116 Å². The van der Waals surface area contributed by atoms with Crippen LogP contribution in [0.4, 0.5) is 0 Å². The topological polar surface area (TPSA) is 26.3 Å². The van der Waals surface area contributed by atoms with Crippen molar-refractivity contribution in [2.24, 2.45) is 11.8 Å². The Morgan fingerprint density at radius 2 is 2.00 bits per heavy atom. The molecule has 0 N–H and O–H groups in total. The van der Waals surface area contributed by atoms with Gasteiger partial charge in [0, 0.05) is 25.6 Å². The highest BCUT2D eigenvalue weighted by molar-refractivity contribution is 5.83. The Kier molecular flexibility index (Phi) is 4.76. The summed E-state index contributed by atoms with van der Waals surface area (Å²) in [4.78, 5) is 12.3. The van der Waals surface area contributed by atoms with E-state index in [0.29, 0.717) is 24.0 Å². The number of benzene rings is 1. The standard InChI is InChI=1S/C17H24O2/c1-12(2)15-6-4-14(5-7-15)10-17(18)16-8-9-19-11-13(16)3/h4-7,12-13,16H,8-11H2,1-3H3. The Balaban J connectivity index is 1.98. The highest BCUT2D eigenvalue weighted by Crippen LogP contribution is 2.24. The molecule has 1 aliphatic heterocycles. The molecule has 2 rings (SSSR count). The lowest BCUT2D eigenvalue weighted by molar-refractivity contribution is -0.127. The van der Waals surface area contributed by atoms with Crippen LogP contribution < -0.4 is 0 Å². The third-order valence-corrected chi connectivity index (χ3v) is 4.08. The largest absolute Gasteiger partial charge is 0.381 e. The molecule has 0 aromatic heterocycles. The first-order valence-electron chi connectivity index (χ1n) is 7.27. The highest BCUT2D eigenvalue weighted by atomic mass is 16.5. The molecule has 1 aromatic carbocycles. The van der Waals surface area contributed by atoms with Crippen LogP contribution in [0, 0.1) is 11.8 Å². The van der Waals surface area contributed by atoms with E-state index in [0.717, 1.165) is 25.2 Å². The van der Waals surface area contributed by atoms with Crippen molar-refractivity contribution in [3.8, 4) is 0 Å². The fourth-order valence-corrected chi connectivity index (χ4v) is 2.71. The first-order valence-corrected chi connectivity index (χ1v) is 7.27. The third kappa shape index (κ3) is 3.66. The Morgan fingerprint density at radius 3 is 2.58 bits per heavy atom. The zero-order valence-corrected chi connectivity index (χ0v) is 12.2. The van der Waals surface area contributed by atoms with Crippen molar-refractivity contribution < 1.29 is 9.53 Å². The third-order valence-electron chi connectivity index (χ3n) is 4.08. The Morgan fingerprint density at radius 1 is 1.32 bits per heavy atom. The average molecular weight is 260 g/mol. The van der Waals surface area contributed by atoms with E-state index >= 15 is 0 Å². The SMILES string of the molecule is CC(C)c1ccc(CC(=O)C2CCOCC2C)cc1. The lowest BCUT2D eigenvalue weighted by Gasteiger charge is -2.27. The molecule has 2 unspecified atom stereocenters. The minimum atomic E-state index is 0.179. The van der Waals surface area contributed by atoms with E-state index in [1.54, 1.807) is 0 Å². The number of ether oxygens (including phenoxy) is 1. The molecule has 1 aromatic rings. The molecule has 1 saturated heterocycles. The molecule has 2 nitrogen and oxygen atoms in total. The molecular weight excluding hydrogens is 236 g/mol. The van der Waals surface area contributed by atoms with Gasteiger partial charge in [-0.25, -0.2) is 0 Å². The summed E-state index contributed by atoms with van der Waals surface area (Å²) in [6.45, 7) is 7.94. The number of carbonyl (C=O) groups excluding carboxylic acids is 1. The van der Waals surface area contributed by atoms with Gasteiger partial charge in [0.25, 0.3) is 0 Å². The molecule has 0 radical (unpaired) electrons. The molecule has 1 heterocycles. The van der Waals surface area contributed by atoms with Crippen molar-refractivity contribution in [3.63, 3.8) is 0 Å². The maximum Gasteiger partial charge on any atom is 0.140 e. The molecule has 0 amide bonds. The van der Waals surface area contributed by atoms with E-state index in [9.17, 15) is 4.79 Å². The van der Waals surface area contributed by atoms with Crippen LogP contribution in [0.5, 0.6) is 0 Å². The summed E-state index contributed by atoms with van der Waals surface area (Å²) in [7, 11) is 0. The lowest BCUT2D eigenvalue weighted by Crippen LogP contribution is -2.32. The van der Waals surface area contributed by atoms with E-state index in [-0.39, 0.29) is 5.92 Å². The summed E-state index contributed by atoms with van der Waals surface area (Å²) in [6.07, 6.45) is 1.44. The predicted molar refractivity (Wildman–Crippen MR) is 77.3 cm³/mol. The molecule has 0 saturated carbocycles. The van der Waals surface area contributed by atoms with Crippen LogP contribution in [-0.2, 0) is 16.0 Å². The van der Waals surface area contributed by atoms with Crippen molar-refractivity contribution in [1.29, 1.82) is 0 Å². The van der Waals surface area contributed by atoms with Crippen LogP contribution in [0.3, 0.4) is 0 Å². The first-order chi connectivity index (χ1) is 9.08. The molecule has 19 heavy (non-hydrogen) atoms. The first kappa shape index (κ1) is 14.3. The van der Waals surface area contributed by atoms with Crippen LogP contribution >= 0.6 is 0 Å².